The number of nitrogens with zero attached hydrogens (tertiary/aromatic N) is 2. The van der Waals surface area contributed by atoms with E-state index in [9.17, 15) is 13.2 Å². The number of anilines is 2. The van der Waals surface area contributed by atoms with Crippen LogP contribution in [-0.2, 0) is 12.7 Å². The summed E-state index contributed by atoms with van der Waals surface area (Å²) in [7, 11) is 0. The fourth-order valence-electron chi connectivity index (χ4n) is 2.46. The molecule has 0 saturated heterocycles. The molecular formula is C18H13Cl2F3N4S. The first-order valence-corrected chi connectivity index (χ1v) is 9.11. The molecule has 0 aliphatic rings. The zero-order chi connectivity index (χ0) is 20.3. The van der Waals surface area contributed by atoms with E-state index in [0.29, 0.717) is 11.6 Å². The van der Waals surface area contributed by atoms with Gasteiger partial charge in [0, 0.05) is 11.2 Å². The molecule has 2 N–H and O–H groups in total. The third kappa shape index (κ3) is 4.95. The molecule has 0 unspecified atom stereocenters. The molecule has 0 saturated carbocycles. The standard InChI is InChI=1S/C18H13Cl2F3N4S/c19-13-7-3-1-5-11(13)9-27-10-14(20)16(26-27)25-17(28)24-15-8-4-2-6-12(15)18(21,22)23/h1-8,10H,9H2,(H2,24,25,26,28). The van der Waals surface area contributed by atoms with Crippen molar-refractivity contribution in [2.45, 2.75) is 12.7 Å². The van der Waals surface area contributed by atoms with E-state index in [0.717, 1.165) is 11.6 Å². The van der Waals surface area contributed by atoms with Crippen molar-refractivity contribution in [3.63, 3.8) is 0 Å². The van der Waals surface area contributed by atoms with Gasteiger partial charge in [0.2, 0.25) is 0 Å². The van der Waals surface area contributed by atoms with Crippen LogP contribution in [0.25, 0.3) is 0 Å². The molecule has 0 atom stereocenters. The van der Waals surface area contributed by atoms with Gasteiger partial charge in [-0.15, -0.1) is 0 Å². The number of hydrogen-bond donors (Lipinski definition) is 2. The van der Waals surface area contributed by atoms with Gasteiger partial charge in [0.15, 0.2) is 10.9 Å². The third-order valence-electron chi connectivity index (χ3n) is 3.72. The maximum atomic E-state index is 13.1. The van der Waals surface area contributed by atoms with Crippen molar-refractivity contribution in [1.82, 2.24) is 9.78 Å². The number of para-hydroxylation sites is 1. The SMILES string of the molecule is FC(F)(F)c1ccccc1NC(=S)Nc1nn(Cc2ccccc2Cl)cc1Cl. The van der Waals surface area contributed by atoms with Crippen molar-refractivity contribution in [2.75, 3.05) is 10.6 Å². The fraction of sp³-hybridized carbons (Fsp3) is 0.111. The van der Waals surface area contributed by atoms with Crippen LogP contribution in [0.2, 0.25) is 10.0 Å². The first-order chi connectivity index (χ1) is 13.2. The number of alkyl halides is 3. The summed E-state index contributed by atoms with van der Waals surface area (Å²) in [5.74, 6) is 0.218. The van der Waals surface area contributed by atoms with Gasteiger partial charge in [0.05, 0.1) is 17.8 Å². The minimum absolute atomic E-state index is 0.0680. The van der Waals surface area contributed by atoms with Crippen molar-refractivity contribution >= 4 is 52.0 Å². The highest BCUT2D eigenvalue weighted by molar-refractivity contribution is 7.80. The second-order valence-electron chi connectivity index (χ2n) is 5.74. The minimum atomic E-state index is -4.51. The Morgan fingerprint density at radius 3 is 2.39 bits per heavy atom. The van der Waals surface area contributed by atoms with E-state index >= 15 is 0 Å². The molecule has 1 heterocycles. The fourth-order valence-corrected chi connectivity index (χ4v) is 3.06. The van der Waals surface area contributed by atoms with Crippen molar-refractivity contribution in [3.8, 4) is 0 Å². The lowest BCUT2D eigenvalue weighted by Gasteiger charge is -2.15. The molecule has 0 fully saturated rings. The summed E-state index contributed by atoms with van der Waals surface area (Å²) in [5, 5.41) is 10.3. The molecule has 0 aliphatic carbocycles. The van der Waals surface area contributed by atoms with Crippen LogP contribution >= 0.6 is 35.4 Å². The second-order valence-corrected chi connectivity index (χ2v) is 6.96. The normalized spacial score (nSPS) is 11.3. The van der Waals surface area contributed by atoms with E-state index in [1.54, 1.807) is 16.9 Å². The molecular weight excluding hydrogens is 432 g/mol. The number of rotatable bonds is 4. The average Bonchev–Trinajstić information content (AvgIpc) is 2.95. The molecule has 10 heteroatoms. The van der Waals surface area contributed by atoms with Crippen LogP contribution in [0.5, 0.6) is 0 Å². The first kappa shape index (κ1) is 20.4. The summed E-state index contributed by atoms with van der Waals surface area (Å²) < 4.78 is 40.8. The Morgan fingerprint density at radius 2 is 1.68 bits per heavy atom. The summed E-state index contributed by atoms with van der Waals surface area (Å²) in [4.78, 5) is 0. The molecule has 1 aromatic heterocycles. The van der Waals surface area contributed by atoms with Gasteiger partial charge in [0.25, 0.3) is 0 Å². The van der Waals surface area contributed by atoms with E-state index in [4.69, 9.17) is 35.4 Å². The van der Waals surface area contributed by atoms with E-state index in [1.807, 2.05) is 18.2 Å². The Hall–Kier alpha value is -2.29. The van der Waals surface area contributed by atoms with Gasteiger partial charge in [-0.1, -0.05) is 53.5 Å². The predicted octanol–water partition coefficient (Wildman–Crippen LogP) is 6.07. The molecule has 3 aromatic rings. The topological polar surface area (TPSA) is 41.9 Å². The largest absolute Gasteiger partial charge is 0.418 e. The molecule has 146 valence electrons. The van der Waals surface area contributed by atoms with E-state index in [-0.39, 0.29) is 21.6 Å². The van der Waals surface area contributed by atoms with Gasteiger partial charge in [-0.05, 0) is 36.0 Å². The number of thiocarbonyl (C=S) groups is 1. The highest BCUT2D eigenvalue weighted by Gasteiger charge is 2.33. The van der Waals surface area contributed by atoms with Gasteiger partial charge in [-0.3, -0.25) is 4.68 Å². The summed E-state index contributed by atoms with van der Waals surface area (Å²) in [5.41, 5.74) is -0.150. The Kier molecular flexibility index (Phi) is 6.12. The van der Waals surface area contributed by atoms with Crippen LogP contribution in [0.4, 0.5) is 24.7 Å². The zero-order valence-electron chi connectivity index (χ0n) is 14.1. The molecule has 4 nitrogen and oxygen atoms in total. The van der Waals surface area contributed by atoms with Crippen molar-refractivity contribution in [1.29, 1.82) is 0 Å². The number of halogens is 5. The van der Waals surface area contributed by atoms with Crippen LogP contribution < -0.4 is 10.6 Å². The Morgan fingerprint density at radius 1 is 1.00 bits per heavy atom. The number of hydrogen-bond acceptors (Lipinski definition) is 2. The van der Waals surface area contributed by atoms with E-state index in [2.05, 4.69) is 15.7 Å². The number of nitrogens with one attached hydrogen (secondary N) is 2. The smallest absolute Gasteiger partial charge is 0.332 e. The highest BCUT2D eigenvalue weighted by Crippen LogP contribution is 2.34. The maximum Gasteiger partial charge on any atom is 0.418 e. The maximum absolute atomic E-state index is 13.1. The van der Waals surface area contributed by atoms with Crippen molar-refractivity contribution in [3.05, 3.63) is 75.9 Å². The number of benzene rings is 2. The predicted molar refractivity (Wildman–Crippen MR) is 109 cm³/mol. The Labute approximate surface area is 174 Å². The zero-order valence-corrected chi connectivity index (χ0v) is 16.4. The third-order valence-corrected chi connectivity index (χ3v) is 4.57. The van der Waals surface area contributed by atoms with Crippen LogP contribution in [-0.4, -0.2) is 14.9 Å². The van der Waals surface area contributed by atoms with Crippen molar-refractivity contribution < 1.29 is 13.2 Å². The molecule has 2 aromatic carbocycles. The van der Waals surface area contributed by atoms with Crippen LogP contribution in [0, 0.1) is 0 Å². The second kappa shape index (κ2) is 8.38. The molecule has 0 amide bonds. The summed E-state index contributed by atoms with van der Waals surface area (Å²) >= 11 is 17.4. The van der Waals surface area contributed by atoms with Gasteiger partial charge in [-0.25, -0.2) is 0 Å². The number of aromatic nitrogens is 2. The lowest BCUT2D eigenvalue weighted by Crippen LogP contribution is -2.22. The van der Waals surface area contributed by atoms with E-state index < -0.39 is 11.7 Å². The summed E-state index contributed by atoms with van der Waals surface area (Å²) in [6, 6.07) is 12.3. The Bertz CT molecular complexity index is 1000. The van der Waals surface area contributed by atoms with Gasteiger partial charge < -0.3 is 10.6 Å². The van der Waals surface area contributed by atoms with Gasteiger partial charge in [-0.2, -0.15) is 18.3 Å². The van der Waals surface area contributed by atoms with Crippen molar-refractivity contribution in [2.24, 2.45) is 0 Å². The first-order valence-electron chi connectivity index (χ1n) is 7.94. The van der Waals surface area contributed by atoms with Crippen LogP contribution in [0.1, 0.15) is 11.1 Å². The van der Waals surface area contributed by atoms with Gasteiger partial charge >= 0.3 is 6.18 Å². The van der Waals surface area contributed by atoms with E-state index in [1.165, 1.54) is 18.2 Å². The quantitative estimate of drug-likeness (QED) is 0.479. The lowest BCUT2D eigenvalue weighted by molar-refractivity contribution is -0.136. The average molecular weight is 445 g/mol. The van der Waals surface area contributed by atoms with Gasteiger partial charge in [0.1, 0.15) is 5.02 Å². The lowest BCUT2D eigenvalue weighted by atomic mass is 10.2. The summed E-state index contributed by atoms with van der Waals surface area (Å²) in [6.07, 6.45) is -2.94. The monoisotopic (exact) mass is 444 g/mol. The van der Waals surface area contributed by atoms with Crippen LogP contribution in [0.3, 0.4) is 0 Å². The highest BCUT2D eigenvalue weighted by atomic mass is 35.5. The summed E-state index contributed by atoms with van der Waals surface area (Å²) in [6.45, 7) is 0.373. The van der Waals surface area contributed by atoms with Crippen LogP contribution in [0.15, 0.2) is 54.7 Å². The molecule has 0 bridgehead atoms. The molecule has 0 radical (unpaired) electrons. The minimum Gasteiger partial charge on any atom is -0.332 e. The molecule has 0 spiro atoms. The Balaban J connectivity index is 1.72. The molecule has 0 aliphatic heterocycles. The molecule has 3 rings (SSSR count). The molecule has 28 heavy (non-hydrogen) atoms.